The molecule has 74 valence electrons. The van der Waals surface area contributed by atoms with Crippen LogP contribution in [0.5, 0.6) is 11.5 Å². The van der Waals surface area contributed by atoms with Gasteiger partial charge in [0.2, 0.25) is 0 Å². The van der Waals surface area contributed by atoms with E-state index in [9.17, 15) is 0 Å². The maximum absolute atomic E-state index is 9.11. The molecule has 0 atom stereocenters. The Balaban J connectivity index is 0.00000112. The molecule has 0 spiro atoms. The second kappa shape index (κ2) is 6.74. The predicted octanol–water partition coefficient (Wildman–Crippen LogP) is 1.47. The van der Waals surface area contributed by atoms with Crippen molar-refractivity contribution in [3.8, 4) is 22.6 Å². The second-order valence-electron chi connectivity index (χ2n) is 3.09. The van der Waals surface area contributed by atoms with Gasteiger partial charge in [0.1, 0.15) is 11.5 Å². The number of benzene rings is 2. The maximum atomic E-state index is 9.11. The van der Waals surface area contributed by atoms with Gasteiger partial charge in [-0.3, -0.25) is 0 Å². The van der Waals surface area contributed by atoms with Gasteiger partial charge in [0.25, 0.3) is 0 Å². The van der Waals surface area contributed by atoms with Gasteiger partial charge < -0.3 is 10.2 Å². The second-order valence-corrected chi connectivity index (χ2v) is 3.09. The first kappa shape index (κ1) is 15.2. The number of rotatable bonds is 1. The summed E-state index contributed by atoms with van der Waals surface area (Å²) in [6.45, 7) is 0. The molecule has 0 aromatic heterocycles. The molecule has 2 aromatic rings. The Hall–Kier alpha value is -0.765. The van der Waals surface area contributed by atoms with Gasteiger partial charge in [-0.2, -0.15) is 0 Å². The van der Waals surface area contributed by atoms with E-state index in [1.54, 1.807) is 24.3 Å². The van der Waals surface area contributed by atoms with Gasteiger partial charge in [-0.05, 0) is 35.4 Å². The molecule has 2 N–H and O–H groups in total. The number of aromatic hydroxyl groups is 2. The molecule has 2 nitrogen and oxygen atoms in total. The van der Waals surface area contributed by atoms with Crippen molar-refractivity contribution in [3.63, 3.8) is 0 Å². The molecule has 0 fully saturated rings. The number of hydrogen-bond donors (Lipinski definition) is 2. The zero-order valence-electron chi connectivity index (χ0n) is 7.51. The summed E-state index contributed by atoms with van der Waals surface area (Å²) in [5.41, 5.74) is 2.03. The molecule has 4 heteroatoms. The molecule has 0 saturated heterocycles. The minimum atomic E-state index is 0. The zero-order valence-corrected chi connectivity index (χ0v) is 7.51. The van der Waals surface area contributed by atoms with Gasteiger partial charge in [-0.15, -0.1) is 0 Å². The van der Waals surface area contributed by atoms with E-state index in [4.69, 9.17) is 10.2 Å². The van der Waals surface area contributed by atoms with Crippen LogP contribution in [0.4, 0.5) is 0 Å². The van der Waals surface area contributed by atoms with E-state index < -0.39 is 0 Å². The fourth-order valence-electron chi connectivity index (χ4n) is 1.31. The Morgan fingerprint density at radius 3 is 1.00 bits per heavy atom. The first-order chi connectivity index (χ1) is 6.75. The van der Waals surface area contributed by atoms with Crippen LogP contribution < -0.4 is 0 Å². The number of hydrogen-bond acceptors (Lipinski definition) is 2. The number of phenols is 2. The quantitative estimate of drug-likeness (QED) is 0.687. The van der Waals surface area contributed by atoms with Crippen LogP contribution in [0.3, 0.4) is 0 Å². The van der Waals surface area contributed by atoms with E-state index >= 15 is 0 Å². The van der Waals surface area contributed by atoms with Gasteiger partial charge in [-0.25, -0.2) is 0 Å². The summed E-state index contributed by atoms with van der Waals surface area (Å²) in [5.74, 6) is 0.514. The van der Waals surface area contributed by atoms with Crippen LogP contribution in [0.1, 0.15) is 0 Å². The molecule has 0 heterocycles. The standard InChI is InChI=1S/C12H10O2.2Li.2H/c13-11-5-1-9(2-6-11)10-3-7-12(14)8-4-10;;;;/h1-8,13-14H;;;;. The summed E-state index contributed by atoms with van der Waals surface area (Å²) < 4.78 is 0. The molecule has 0 radical (unpaired) electrons. The summed E-state index contributed by atoms with van der Waals surface area (Å²) in [4.78, 5) is 0. The van der Waals surface area contributed by atoms with Crippen molar-refractivity contribution in [3.05, 3.63) is 48.5 Å². The third kappa shape index (κ3) is 3.67. The van der Waals surface area contributed by atoms with Gasteiger partial charge in [0.15, 0.2) is 0 Å². The first-order valence-electron chi connectivity index (χ1n) is 4.34. The van der Waals surface area contributed by atoms with E-state index in [0.29, 0.717) is 0 Å². The predicted molar refractivity (Wildman–Crippen MR) is 69.5 cm³/mol. The van der Waals surface area contributed by atoms with Crippen LogP contribution in [0.2, 0.25) is 0 Å². The Kier molecular flexibility index (Phi) is 6.42. The van der Waals surface area contributed by atoms with Crippen molar-refractivity contribution < 1.29 is 10.2 Å². The van der Waals surface area contributed by atoms with Crippen LogP contribution in [-0.2, 0) is 0 Å². The van der Waals surface area contributed by atoms with E-state index in [2.05, 4.69) is 0 Å². The van der Waals surface area contributed by atoms with Crippen LogP contribution >= 0.6 is 0 Å². The molecule has 0 aliphatic carbocycles. The SMILES string of the molecule is Oc1ccc(-c2ccc(O)cc2)cc1.[LiH].[LiH]. The van der Waals surface area contributed by atoms with Crippen molar-refractivity contribution in [2.75, 3.05) is 0 Å². The molecule has 0 bridgehead atoms. The monoisotopic (exact) mass is 202 g/mol. The Morgan fingerprint density at radius 1 is 0.500 bits per heavy atom. The molecular weight excluding hydrogens is 190 g/mol. The van der Waals surface area contributed by atoms with E-state index in [-0.39, 0.29) is 49.2 Å². The van der Waals surface area contributed by atoms with E-state index in [0.717, 1.165) is 11.1 Å². The van der Waals surface area contributed by atoms with Gasteiger partial charge in [-0.1, -0.05) is 24.3 Å². The van der Waals surface area contributed by atoms with Crippen molar-refractivity contribution in [1.82, 2.24) is 0 Å². The number of phenolic OH excluding ortho intramolecular Hbond substituents is 2. The molecule has 2 rings (SSSR count). The molecule has 0 unspecified atom stereocenters. The normalized spacial score (nSPS) is 8.75. The van der Waals surface area contributed by atoms with Gasteiger partial charge in [0.05, 0.1) is 0 Å². The van der Waals surface area contributed by atoms with E-state index in [1.807, 2.05) is 24.3 Å². The molecule has 0 saturated carbocycles. The molecular formula is C12H12Li2O2. The van der Waals surface area contributed by atoms with Crippen LogP contribution in [0.15, 0.2) is 48.5 Å². The Labute approximate surface area is 119 Å². The Morgan fingerprint density at radius 2 is 0.750 bits per heavy atom. The molecule has 16 heavy (non-hydrogen) atoms. The molecule has 0 aliphatic heterocycles. The van der Waals surface area contributed by atoms with Crippen molar-refractivity contribution in [2.45, 2.75) is 0 Å². The summed E-state index contributed by atoms with van der Waals surface area (Å²) in [6.07, 6.45) is 0. The fraction of sp³-hybridized carbons (Fsp3) is 0. The van der Waals surface area contributed by atoms with E-state index in [1.165, 1.54) is 0 Å². The summed E-state index contributed by atoms with van der Waals surface area (Å²) in [6, 6.07) is 13.9. The Bertz CT molecular complexity index is 380. The summed E-state index contributed by atoms with van der Waals surface area (Å²) >= 11 is 0. The minimum absolute atomic E-state index is 0. The molecule has 0 amide bonds. The topological polar surface area (TPSA) is 40.5 Å². The summed E-state index contributed by atoms with van der Waals surface area (Å²) in [5, 5.41) is 18.2. The first-order valence-corrected chi connectivity index (χ1v) is 4.34. The van der Waals surface area contributed by atoms with Crippen molar-refractivity contribution >= 4 is 37.7 Å². The molecule has 2 aromatic carbocycles. The summed E-state index contributed by atoms with van der Waals surface area (Å²) in [7, 11) is 0. The third-order valence-corrected chi connectivity index (χ3v) is 2.07. The fourth-order valence-corrected chi connectivity index (χ4v) is 1.31. The average Bonchev–Trinajstić information content (AvgIpc) is 2.21. The van der Waals surface area contributed by atoms with Crippen LogP contribution in [0.25, 0.3) is 11.1 Å². The third-order valence-electron chi connectivity index (χ3n) is 2.07. The average molecular weight is 202 g/mol. The van der Waals surface area contributed by atoms with Crippen molar-refractivity contribution in [2.24, 2.45) is 0 Å². The van der Waals surface area contributed by atoms with Gasteiger partial charge in [0, 0.05) is 0 Å². The van der Waals surface area contributed by atoms with Crippen LogP contribution in [-0.4, -0.2) is 47.9 Å². The molecule has 0 aliphatic rings. The zero-order chi connectivity index (χ0) is 9.97. The van der Waals surface area contributed by atoms with Gasteiger partial charge >= 0.3 is 37.7 Å². The van der Waals surface area contributed by atoms with Crippen LogP contribution in [0, 0.1) is 0 Å². The van der Waals surface area contributed by atoms with Crippen molar-refractivity contribution in [1.29, 1.82) is 0 Å².